The summed E-state index contributed by atoms with van der Waals surface area (Å²) in [5, 5.41) is -0.0455. The van der Waals surface area contributed by atoms with Crippen LogP contribution < -0.4 is 0 Å². The van der Waals surface area contributed by atoms with Gasteiger partial charge in [-0.2, -0.15) is 0 Å². The largest absolute Gasteiger partial charge is 0.456 e. The summed E-state index contributed by atoms with van der Waals surface area (Å²) in [6, 6.07) is -2.72. The van der Waals surface area contributed by atoms with Crippen LogP contribution in [0.2, 0.25) is 0 Å². The Morgan fingerprint density at radius 2 is 0.837 bits per heavy atom. The van der Waals surface area contributed by atoms with Gasteiger partial charge in [-0.1, -0.05) is 151 Å². The fourth-order valence-electron chi connectivity index (χ4n) is 6.31. The molecule has 0 fully saturated rings. The van der Waals surface area contributed by atoms with E-state index in [4.69, 9.17) is 25.0 Å². The zero-order chi connectivity index (χ0) is 51.5. The third-order valence-corrected chi connectivity index (χ3v) is 8.38. The van der Waals surface area contributed by atoms with Gasteiger partial charge in [0.15, 0.2) is 0 Å². The average molecular weight is 645 g/mol. The molecule has 1 aromatic heterocycles. The summed E-state index contributed by atoms with van der Waals surface area (Å²) in [5.41, 5.74) is -3.45. The van der Waals surface area contributed by atoms with Crippen LogP contribution >= 0.6 is 0 Å². The van der Waals surface area contributed by atoms with Gasteiger partial charge in [-0.25, -0.2) is 0 Å². The molecule has 1 heteroatoms. The predicted molar refractivity (Wildman–Crippen MR) is 208 cm³/mol. The molecule has 0 aliphatic rings. The van der Waals surface area contributed by atoms with Crippen LogP contribution in [0, 0.1) is 0 Å². The second kappa shape index (κ2) is 11.1. The lowest BCUT2D eigenvalue weighted by Crippen LogP contribution is -1.92. The van der Waals surface area contributed by atoms with Crippen LogP contribution in [0.1, 0.15) is 30.2 Å². The molecular formula is C48H30O. The first kappa shape index (κ1) is 13.6. The van der Waals surface area contributed by atoms with Crippen molar-refractivity contribution in [1.29, 1.82) is 0 Å². The Kier molecular flexibility index (Phi) is 3.07. The van der Waals surface area contributed by atoms with E-state index in [9.17, 15) is 9.60 Å². The second-order valence-corrected chi connectivity index (χ2v) is 11.1. The molecule has 10 aromatic rings. The van der Waals surface area contributed by atoms with Crippen molar-refractivity contribution in [2.24, 2.45) is 0 Å². The van der Waals surface area contributed by atoms with Crippen LogP contribution in [0.15, 0.2) is 186 Å². The minimum Gasteiger partial charge on any atom is -0.456 e. The third kappa shape index (κ3) is 4.47. The van der Waals surface area contributed by atoms with Gasteiger partial charge < -0.3 is 4.42 Å². The van der Waals surface area contributed by atoms with Crippen molar-refractivity contribution in [2.45, 2.75) is 0 Å². The first-order chi connectivity index (χ1) is 33.5. The Balaban J connectivity index is 1.38. The van der Waals surface area contributed by atoms with Crippen molar-refractivity contribution < 1.29 is 34.6 Å². The van der Waals surface area contributed by atoms with E-state index < -0.39 is 155 Å². The van der Waals surface area contributed by atoms with E-state index in [0.29, 0.717) is 0 Å². The molecule has 0 amide bonds. The standard InChI is InChI=1S/C48H30O/c1-3-13-31(14-4-1)37-25-23-35(28-42(37)32-15-5-2-6-16-32)47-38-19-9-11-21-40(38)48(41-22-12-10-20-39(41)47)36-24-26-45-43(29-36)44-27-33-17-7-8-18-34(33)30-46(44)49-45/h1-30H/i1D,2D,3D,4D,5D,6D,7D,8D,13D,14D,15D,16D,17D,18D,23D,24D,25D,26D,27D,28D,29D,30D. The summed E-state index contributed by atoms with van der Waals surface area (Å²) in [4.78, 5) is 0. The van der Waals surface area contributed by atoms with Crippen LogP contribution in [-0.4, -0.2) is 0 Å². The Bertz CT molecular complexity index is 4030. The van der Waals surface area contributed by atoms with Crippen molar-refractivity contribution in [3.63, 3.8) is 0 Å². The van der Waals surface area contributed by atoms with E-state index in [1.54, 1.807) is 48.5 Å². The number of furan rings is 1. The van der Waals surface area contributed by atoms with Crippen molar-refractivity contribution in [3.8, 4) is 44.5 Å². The maximum absolute atomic E-state index is 10.0. The summed E-state index contributed by atoms with van der Waals surface area (Å²) in [5.74, 6) is 0. The topological polar surface area (TPSA) is 13.1 Å². The number of fused-ring (bicyclic) bond motifs is 6. The smallest absolute Gasteiger partial charge is 0.136 e. The highest BCUT2D eigenvalue weighted by Crippen LogP contribution is 2.46. The SMILES string of the molecule is [2H]c1c([2H])c([2H])c(-c2c([2H])c([2H])c(-c3c4ccccc4c(-c4c([2H])c([2H])c5oc6c([2H])c7c([2H])c([2H])c([2H])c([2H])c7c([2H])c6c5c4[2H])c4ccccc34)c([2H])c2-c2c([2H])c([2H])c([2H])c([2H])c2[2H])c([2H])c1[2H]. The van der Waals surface area contributed by atoms with Crippen LogP contribution in [0.4, 0.5) is 0 Å². The lowest BCUT2D eigenvalue weighted by atomic mass is 9.84. The van der Waals surface area contributed by atoms with Crippen molar-refractivity contribution in [2.75, 3.05) is 0 Å². The third-order valence-electron chi connectivity index (χ3n) is 8.38. The van der Waals surface area contributed by atoms with Gasteiger partial charge in [0.25, 0.3) is 0 Å². The molecule has 0 spiro atoms. The number of hydrogen-bond acceptors (Lipinski definition) is 1. The Hall–Kier alpha value is -6.44. The zero-order valence-corrected chi connectivity index (χ0v) is 25.0. The van der Waals surface area contributed by atoms with Gasteiger partial charge >= 0.3 is 0 Å². The van der Waals surface area contributed by atoms with Crippen molar-refractivity contribution in [3.05, 3.63) is 181 Å². The van der Waals surface area contributed by atoms with Gasteiger partial charge in [0, 0.05) is 10.8 Å². The van der Waals surface area contributed by atoms with Crippen LogP contribution in [0.5, 0.6) is 0 Å². The lowest BCUT2D eigenvalue weighted by Gasteiger charge is -2.19. The number of hydrogen-bond donors (Lipinski definition) is 0. The minimum absolute atomic E-state index is 0.0802. The summed E-state index contributed by atoms with van der Waals surface area (Å²) in [7, 11) is 0. The quantitative estimate of drug-likeness (QED) is 0.174. The van der Waals surface area contributed by atoms with E-state index in [2.05, 4.69) is 0 Å². The summed E-state index contributed by atoms with van der Waals surface area (Å²) in [6.07, 6.45) is 0. The number of benzene rings is 9. The molecule has 0 aliphatic carbocycles. The molecule has 0 saturated heterocycles. The highest BCUT2D eigenvalue weighted by atomic mass is 16.3. The zero-order valence-electron chi connectivity index (χ0n) is 47.0. The monoisotopic (exact) mass is 644 g/mol. The molecule has 228 valence electrons. The van der Waals surface area contributed by atoms with E-state index in [0.717, 1.165) is 0 Å². The van der Waals surface area contributed by atoms with Crippen molar-refractivity contribution >= 4 is 54.3 Å². The highest BCUT2D eigenvalue weighted by molar-refractivity contribution is 6.22. The molecule has 1 nitrogen and oxygen atoms in total. The van der Waals surface area contributed by atoms with Crippen molar-refractivity contribution in [1.82, 2.24) is 0 Å². The molecule has 0 bridgehead atoms. The summed E-state index contributed by atoms with van der Waals surface area (Å²) >= 11 is 0. The predicted octanol–water partition coefficient (Wildman–Crippen LogP) is 13.7. The van der Waals surface area contributed by atoms with E-state index in [1.807, 2.05) is 0 Å². The van der Waals surface area contributed by atoms with Gasteiger partial charge in [-0.3, -0.25) is 0 Å². The first-order valence-corrected chi connectivity index (χ1v) is 15.1. The molecular weight excluding hydrogens is 593 g/mol. The van der Waals surface area contributed by atoms with Gasteiger partial charge in [0.05, 0.1) is 30.2 Å². The van der Waals surface area contributed by atoms with Gasteiger partial charge in [-0.05, 0) is 107 Å². The molecule has 0 saturated carbocycles. The molecule has 10 rings (SSSR count). The Labute approximate surface area is 315 Å². The van der Waals surface area contributed by atoms with Gasteiger partial charge in [0.2, 0.25) is 0 Å². The van der Waals surface area contributed by atoms with E-state index in [1.165, 1.54) is 0 Å². The van der Waals surface area contributed by atoms with E-state index >= 15 is 0 Å². The van der Waals surface area contributed by atoms with Crippen LogP contribution in [0.3, 0.4) is 0 Å². The molecule has 0 radical (unpaired) electrons. The molecule has 0 atom stereocenters. The molecule has 0 aliphatic heterocycles. The molecule has 1 heterocycles. The maximum Gasteiger partial charge on any atom is 0.136 e. The highest BCUT2D eigenvalue weighted by Gasteiger charge is 2.19. The fraction of sp³-hybridized carbons (Fsp3) is 0. The summed E-state index contributed by atoms with van der Waals surface area (Å²) < 4.78 is 202. The van der Waals surface area contributed by atoms with Gasteiger partial charge in [-0.15, -0.1) is 0 Å². The van der Waals surface area contributed by atoms with Crippen LogP contribution in [0.25, 0.3) is 98.8 Å². The number of rotatable bonds is 4. The maximum atomic E-state index is 10.0. The minimum atomic E-state index is -0.840. The molecule has 0 unspecified atom stereocenters. The second-order valence-electron chi connectivity index (χ2n) is 11.1. The molecule has 49 heavy (non-hydrogen) atoms. The first-order valence-electron chi connectivity index (χ1n) is 26.1. The van der Waals surface area contributed by atoms with E-state index in [-0.39, 0.29) is 76.5 Å². The molecule has 9 aromatic carbocycles. The lowest BCUT2D eigenvalue weighted by molar-refractivity contribution is 0.669. The average Bonchev–Trinajstić information content (AvgIpc) is 3.78. The fourth-order valence-corrected chi connectivity index (χ4v) is 6.31. The Morgan fingerprint density at radius 1 is 0.347 bits per heavy atom. The molecule has 0 N–H and O–H groups in total. The summed E-state index contributed by atoms with van der Waals surface area (Å²) in [6.45, 7) is 0. The normalized spacial score (nSPS) is 18.0. The van der Waals surface area contributed by atoms with Crippen LogP contribution in [-0.2, 0) is 0 Å². The Morgan fingerprint density at radius 3 is 1.45 bits per heavy atom. The van der Waals surface area contributed by atoms with Gasteiger partial charge in [0.1, 0.15) is 11.2 Å².